The first-order valence-corrected chi connectivity index (χ1v) is 11.2. The molecule has 1 saturated carbocycles. The third kappa shape index (κ3) is 6.09. The average Bonchev–Trinajstić information content (AvgIpc) is 3.26. The summed E-state index contributed by atoms with van der Waals surface area (Å²) in [6, 6.07) is 13.4. The van der Waals surface area contributed by atoms with Crippen molar-refractivity contribution in [1.29, 1.82) is 0 Å². The Hall–Kier alpha value is -2.82. The van der Waals surface area contributed by atoms with Gasteiger partial charge in [-0.05, 0) is 74.9 Å². The van der Waals surface area contributed by atoms with Gasteiger partial charge in [0.15, 0.2) is 6.61 Å². The Balaban J connectivity index is 1.73. The van der Waals surface area contributed by atoms with Crippen LogP contribution in [0.15, 0.2) is 42.5 Å². The molecule has 5 nitrogen and oxygen atoms in total. The smallest absolute Gasteiger partial charge is 0.261 e. The third-order valence-electron chi connectivity index (χ3n) is 6.31. The number of amides is 2. The van der Waals surface area contributed by atoms with Crippen LogP contribution in [0.5, 0.6) is 5.75 Å². The van der Waals surface area contributed by atoms with E-state index in [0.717, 1.165) is 42.4 Å². The summed E-state index contributed by atoms with van der Waals surface area (Å²) >= 11 is 0. The maximum Gasteiger partial charge on any atom is 0.261 e. The molecule has 0 bridgehead atoms. The number of aryl methyl sites for hydroxylation is 3. The molecule has 1 N–H and O–H groups in total. The second-order valence-electron chi connectivity index (χ2n) is 8.65. The molecule has 0 heterocycles. The molecule has 5 heteroatoms. The van der Waals surface area contributed by atoms with Crippen LogP contribution in [0.3, 0.4) is 0 Å². The quantitative estimate of drug-likeness (QED) is 0.683. The van der Waals surface area contributed by atoms with E-state index in [-0.39, 0.29) is 24.5 Å². The maximum atomic E-state index is 13.2. The molecule has 3 rings (SSSR count). The van der Waals surface area contributed by atoms with Crippen LogP contribution in [-0.4, -0.2) is 35.4 Å². The van der Waals surface area contributed by atoms with Crippen molar-refractivity contribution in [3.63, 3.8) is 0 Å². The van der Waals surface area contributed by atoms with Gasteiger partial charge in [0.25, 0.3) is 5.91 Å². The van der Waals surface area contributed by atoms with Crippen molar-refractivity contribution in [3.8, 4) is 5.75 Å². The standard InChI is InChI=1S/C26H34N2O3/c1-18-13-14-24(15-20(18)3)31-17-25(29)28(16-22-10-6-5-9-19(22)2)21(4)26(30)27-23-11-7-8-12-23/h5-6,9-10,13-15,21,23H,7-8,11-12,16-17H2,1-4H3,(H,27,30)/t21-/m1/s1. The fourth-order valence-corrected chi connectivity index (χ4v) is 3.98. The van der Waals surface area contributed by atoms with E-state index < -0.39 is 6.04 Å². The number of carbonyl (C=O) groups excluding carboxylic acids is 2. The molecule has 31 heavy (non-hydrogen) atoms. The Morgan fingerprint density at radius 3 is 2.42 bits per heavy atom. The van der Waals surface area contributed by atoms with Crippen molar-refractivity contribution in [1.82, 2.24) is 10.2 Å². The number of nitrogens with one attached hydrogen (secondary N) is 1. The minimum Gasteiger partial charge on any atom is -0.484 e. The summed E-state index contributed by atoms with van der Waals surface area (Å²) in [6.45, 7) is 8.16. The molecule has 2 aromatic carbocycles. The fraction of sp³-hybridized carbons (Fsp3) is 0.462. The highest BCUT2D eigenvalue weighted by Crippen LogP contribution is 2.20. The molecule has 1 aliphatic carbocycles. The number of hydrogen-bond donors (Lipinski definition) is 1. The van der Waals surface area contributed by atoms with Gasteiger partial charge >= 0.3 is 0 Å². The van der Waals surface area contributed by atoms with E-state index in [0.29, 0.717) is 12.3 Å². The predicted molar refractivity (Wildman–Crippen MR) is 123 cm³/mol. The molecule has 2 amide bonds. The number of rotatable bonds is 8. The van der Waals surface area contributed by atoms with Crippen LogP contribution >= 0.6 is 0 Å². The SMILES string of the molecule is Cc1ccc(OCC(=O)N(Cc2ccccc2C)[C@H](C)C(=O)NC2CCCC2)cc1C. The summed E-state index contributed by atoms with van der Waals surface area (Å²) in [5, 5.41) is 3.13. The summed E-state index contributed by atoms with van der Waals surface area (Å²) in [4.78, 5) is 27.8. The molecule has 166 valence electrons. The van der Waals surface area contributed by atoms with Gasteiger partial charge in [0, 0.05) is 12.6 Å². The molecule has 1 fully saturated rings. The molecule has 1 aliphatic rings. The highest BCUT2D eigenvalue weighted by molar-refractivity contribution is 5.88. The van der Waals surface area contributed by atoms with Gasteiger partial charge < -0.3 is 15.0 Å². The lowest BCUT2D eigenvalue weighted by atomic mass is 10.1. The van der Waals surface area contributed by atoms with Gasteiger partial charge in [-0.2, -0.15) is 0 Å². The highest BCUT2D eigenvalue weighted by Gasteiger charge is 2.29. The molecule has 0 saturated heterocycles. The Bertz CT molecular complexity index is 919. The largest absolute Gasteiger partial charge is 0.484 e. The van der Waals surface area contributed by atoms with Crippen molar-refractivity contribution < 1.29 is 14.3 Å². The van der Waals surface area contributed by atoms with E-state index in [2.05, 4.69) is 5.32 Å². The monoisotopic (exact) mass is 422 g/mol. The molecule has 1 atom stereocenters. The maximum absolute atomic E-state index is 13.2. The number of ether oxygens (including phenoxy) is 1. The summed E-state index contributed by atoms with van der Waals surface area (Å²) < 4.78 is 5.79. The molecule has 0 radical (unpaired) electrons. The Morgan fingerprint density at radius 2 is 1.74 bits per heavy atom. The third-order valence-corrected chi connectivity index (χ3v) is 6.31. The van der Waals surface area contributed by atoms with Crippen molar-refractivity contribution in [2.45, 2.75) is 72.0 Å². The van der Waals surface area contributed by atoms with Crippen molar-refractivity contribution in [2.75, 3.05) is 6.61 Å². The van der Waals surface area contributed by atoms with Crippen molar-refractivity contribution in [3.05, 3.63) is 64.7 Å². The lowest BCUT2D eigenvalue weighted by molar-refractivity contribution is -0.142. The van der Waals surface area contributed by atoms with E-state index in [9.17, 15) is 9.59 Å². The Kier molecular flexibility index (Phi) is 7.72. The van der Waals surface area contributed by atoms with E-state index in [1.165, 1.54) is 5.56 Å². The van der Waals surface area contributed by atoms with Crippen LogP contribution in [-0.2, 0) is 16.1 Å². The lowest BCUT2D eigenvalue weighted by Crippen LogP contribution is -2.50. The topological polar surface area (TPSA) is 58.6 Å². The average molecular weight is 423 g/mol. The van der Waals surface area contributed by atoms with Gasteiger partial charge in [0.1, 0.15) is 11.8 Å². The Labute approximate surface area is 185 Å². The summed E-state index contributed by atoms with van der Waals surface area (Å²) in [6.07, 6.45) is 4.32. The highest BCUT2D eigenvalue weighted by atomic mass is 16.5. The number of nitrogens with zero attached hydrogens (tertiary/aromatic N) is 1. The first kappa shape index (κ1) is 22.9. The van der Waals surface area contributed by atoms with Crippen LogP contribution in [0.2, 0.25) is 0 Å². The summed E-state index contributed by atoms with van der Waals surface area (Å²) in [5.74, 6) is 0.367. The number of carbonyl (C=O) groups is 2. The normalized spacial score (nSPS) is 14.8. The number of hydrogen-bond acceptors (Lipinski definition) is 3. The molecular formula is C26H34N2O3. The van der Waals surface area contributed by atoms with E-state index >= 15 is 0 Å². The lowest BCUT2D eigenvalue weighted by Gasteiger charge is -2.30. The van der Waals surface area contributed by atoms with Gasteiger partial charge in [-0.1, -0.05) is 43.2 Å². The zero-order chi connectivity index (χ0) is 22.4. The van der Waals surface area contributed by atoms with Crippen molar-refractivity contribution >= 4 is 11.8 Å². The zero-order valence-corrected chi connectivity index (χ0v) is 19.1. The molecular weight excluding hydrogens is 388 g/mol. The Morgan fingerprint density at radius 1 is 1.03 bits per heavy atom. The van der Waals surface area contributed by atoms with Crippen LogP contribution in [0, 0.1) is 20.8 Å². The van der Waals surface area contributed by atoms with E-state index in [4.69, 9.17) is 4.74 Å². The molecule has 0 aliphatic heterocycles. The summed E-state index contributed by atoms with van der Waals surface area (Å²) in [7, 11) is 0. The minimum atomic E-state index is -0.573. The van der Waals surface area contributed by atoms with Crippen LogP contribution in [0.4, 0.5) is 0 Å². The fourth-order valence-electron chi connectivity index (χ4n) is 3.98. The van der Waals surface area contributed by atoms with Gasteiger partial charge in [-0.3, -0.25) is 9.59 Å². The van der Waals surface area contributed by atoms with E-state index in [1.807, 2.05) is 63.2 Å². The van der Waals surface area contributed by atoms with Gasteiger partial charge in [0.05, 0.1) is 0 Å². The molecule has 0 unspecified atom stereocenters. The van der Waals surface area contributed by atoms with Crippen molar-refractivity contribution in [2.24, 2.45) is 0 Å². The first-order valence-electron chi connectivity index (χ1n) is 11.2. The molecule has 0 aromatic heterocycles. The second kappa shape index (κ2) is 10.5. The minimum absolute atomic E-state index is 0.0972. The van der Waals surface area contributed by atoms with Crippen LogP contribution in [0.1, 0.15) is 54.9 Å². The molecule has 2 aromatic rings. The van der Waals surface area contributed by atoms with Gasteiger partial charge in [-0.25, -0.2) is 0 Å². The summed E-state index contributed by atoms with van der Waals surface area (Å²) in [5.41, 5.74) is 4.42. The number of benzene rings is 2. The zero-order valence-electron chi connectivity index (χ0n) is 19.1. The van der Waals surface area contributed by atoms with Crippen LogP contribution < -0.4 is 10.1 Å². The van der Waals surface area contributed by atoms with Gasteiger partial charge in [0.2, 0.25) is 5.91 Å². The predicted octanol–water partition coefficient (Wildman–Crippen LogP) is 4.47. The first-order chi connectivity index (χ1) is 14.8. The molecule has 0 spiro atoms. The second-order valence-corrected chi connectivity index (χ2v) is 8.65. The van der Waals surface area contributed by atoms with Crippen LogP contribution in [0.25, 0.3) is 0 Å². The van der Waals surface area contributed by atoms with Gasteiger partial charge in [-0.15, -0.1) is 0 Å². The van der Waals surface area contributed by atoms with E-state index in [1.54, 1.807) is 11.8 Å².